The first-order valence-corrected chi connectivity index (χ1v) is 10.6. The fourth-order valence-corrected chi connectivity index (χ4v) is 4.12. The number of Topliss-reactive ketones (excluding diaryl/α,β-unsaturated/α-hetero) is 1. The summed E-state index contributed by atoms with van der Waals surface area (Å²) in [5.74, 6) is 0.460. The van der Waals surface area contributed by atoms with E-state index in [2.05, 4.69) is 0 Å². The predicted molar refractivity (Wildman–Crippen MR) is 121 cm³/mol. The summed E-state index contributed by atoms with van der Waals surface area (Å²) in [7, 11) is 1.43. The molecule has 2 atom stereocenters. The minimum Gasteiger partial charge on any atom is -0.508 e. The molecule has 4 rings (SSSR count). The summed E-state index contributed by atoms with van der Waals surface area (Å²) in [6.45, 7) is 7.92. The van der Waals surface area contributed by atoms with Crippen molar-refractivity contribution in [2.45, 2.75) is 52.4 Å². The molecule has 2 unspecified atom stereocenters. The molecule has 6 heteroatoms. The van der Waals surface area contributed by atoms with Gasteiger partial charge in [0, 0.05) is 24.3 Å². The Balaban J connectivity index is 1.80. The van der Waals surface area contributed by atoms with Crippen molar-refractivity contribution in [3.63, 3.8) is 0 Å². The van der Waals surface area contributed by atoms with Crippen LogP contribution >= 0.6 is 0 Å². The molecule has 2 aromatic rings. The van der Waals surface area contributed by atoms with Crippen molar-refractivity contribution in [2.75, 3.05) is 7.11 Å². The summed E-state index contributed by atoms with van der Waals surface area (Å²) in [6, 6.07) is 6.35. The van der Waals surface area contributed by atoms with Crippen molar-refractivity contribution in [1.29, 1.82) is 0 Å². The maximum absolute atomic E-state index is 13.8. The van der Waals surface area contributed by atoms with E-state index in [1.54, 1.807) is 12.1 Å². The molecule has 0 aromatic heterocycles. The van der Waals surface area contributed by atoms with Gasteiger partial charge >= 0.3 is 0 Å². The summed E-state index contributed by atoms with van der Waals surface area (Å²) >= 11 is 0. The van der Waals surface area contributed by atoms with E-state index >= 15 is 0 Å². The number of allylic oxidation sites excluding steroid dienone is 4. The van der Waals surface area contributed by atoms with Crippen LogP contribution in [0.1, 0.15) is 54.7 Å². The quantitative estimate of drug-likeness (QED) is 0.645. The number of phenolic OH excluding ortho intramolecular Hbond substituents is 2. The van der Waals surface area contributed by atoms with Gasteiger partial charge in [-0.3, -0.25) is 4.79 Å². The smallest absolute Gasteiger partial charge is 0.281 e. The van der Waals surface area contributed by atoms with E-state index in [4.69, 9.17) is 14.2 Å². The first-order chi connectivity index (χ1) is 15.2. The van der Waals surface area contributed by atoms with Crippen molar-refractivity contribution in [2.24, 2.45) is 0 Å². The lowest BCUT2D eigenvalue weighted by molar-refractivity contribution is -0.135. The number of fused-ring (bicyclic) bond motifs is 4. The van der Waals surface area contributed by atoms with Crippen LogP contribution in [0.3, 0.4) is 0 Å². The molecular weight excluding hydrogens is 408 g/mol. The van der Waals surface area contributed by atoms with Crippen LogP contribution in [0.25, 0.3) is 0 Å². The van der Waals surface area contributed by atoms with Crippen LogP contribution in [-0.2, 0) is 23.2 Å². The van der Waals surface area contributed by atoms with Crippen molar-refractivity contribution < 1.29 is 29.2 Å². The lowest BCUT2D eigenvalue weighted by Gasteiger charge is -2.36. The fourth-order valence-electron chi connectivity index (χ4n) is 4.12. The van der Waals surface area contributed by atoms with Crippen LogP contribution in [-0.4, -0.2) is 29.4 Å². The molecule has 0 bridgehead atoms. The van der Waals surface area contributed by atoms with Gasteiger partial charge in [-0.25, -0.2) is 0 Å². The Labute approximate surface area is 187 Å². The summed E-state index contributed by atoms with van der Waals surface area (Å²) in [5, 5.41) is 21.1. The lowest BCUT2D eigenvalue weighted by Crippen LogP contribution is -2.52. The third-order valence-electron chi connectivity index (χ3n) is 5.93. The van der Waals surface area contributed by atoms with Crippen LogP contribution in [0.15, 0.2) is 47.6 Å². The van der Waals surface area contributed by atoms with Crippen molar-refractivity contribution in [1.82, 2.24) is 0 Å². The number of hydrogen-bond donors (Lipinski definition) is 2. The van der Waals surface area contributed by atoms with Gasteiger partial charge in [0.1, 0.15) is 23.0 Å². The average Bonchev–Trinajstić information content (AvgIpc) is 3.04. The first kappa shape index (κ1) is 22.0. The standard InChI is InChI=1S/C26H28O6/c1-14(2)6-8-16-10-18-22(13-21(16)28)31-25-26(30-5,24(18)29)19-12-20(27)17(9-7-15(3)4)11-23(19)32-25/h6-7,10-13,25,27-28H,8-9H2,1-5H3. The SMILES string of the molecule is COC12C(=O)c3cc(CC=C(C)C)c(O)cc3OC1Oc1cc(CC=C(C)C)c(O)cc12. The number of methoxy groups -OCH3 is 1. The second-order valence-electron chi connectivity index (χ2n) is 8.76. The predicted octanol–water partition coefficient (Wildman–Crippen LogP) is 4.95. The molecule has 2 aliphatic rings. The molecule has 0 aliphatic carbocycles. The van der Waals surface area contributed by atoms with E-state index in [1.165, 1.54) is 19.2 Å². The van der Waals surface area contributed by atoms with Gasteiger partial charge < -0.3 is 24.4 Å². The fraction of sp³-hybridized carbons (Fsp3) is 0.346. The first-order valence-electron chi connectivity index (χ1n) is 10.6. The van der Waals surface area contributed by atoms with E-state index in [-0.39, 0.29) is 23.0 Å². The van der Waals surface area contributed by atoms with Gasteiger partial charge in [-0.15, -0.1) is 0 Å². The van der Waals surface area contributed by atoms with E-state index in [1.807, 2.05) is 39.8 Å². The van der Waals surface area contributed by atoms with Crippen LogP contribution in [0.5, 0.6) is 23.0 Å². The zero-order valence-corrected chi connectivity index (χ0v) is 19.0. The Morgan fingerprint density at radius 2 is 1.50 bits per heavy atom. The maximum atomic E-state index is 13.8. The van der Waals surface area contributed by atoms with Crippen LogP contribution in [0, 0.1) is 0 Å². The summed E-state index contributed by atoms with van der Waals surface area (Å²) in [5.41, 5.74) is 2.73. The molecule has 168 valence electrons. The molecule has 0 saturated heterocycles. The zero-order valence-electron chi connectivity index (χ0n) is 19.0. The van der Waals surface area contributed by atoms with Crippen molar-refractivity contribution in [3.8, 4) is 23.0 Å². The van der Waals surface area contributed by atoms with E-state index in [0.717, 1.165) is 11.1 Å². The van der Waals surface area contributed by atoms with E-state index in [0.29, 0.717) is 40.8 Å². The van der Waals surface area contributed by atoms with Crippen molar-refractivity contribution >= 4 is 5.78 Å². The molecular formula is C26H28O6. The third-order valence-corrected chi connectivity index (χ3v) is 5.93. The largest absolute Gasteiger partial charge is 0.508 e. The topological polar surface area (TPSA) is 85.2 Å². The monoisotopic (exact) mass is 436 g/mol. The highest BCUT2D eigenvalue weighted by Crippen LogP contribution is 2.52. The zero-order chi connectivity index (χ0) is 23.2. The number of phenols is 2. The third kappa shape index (κ3) is 3.45. The normalized spacial score (nSPS) is 20.4. The Kier molecular flexibility index (Phi) is 5.51. The number of carbonyl (C=O) groups excluding carboxylic acids is 1. The van der Waals surface area contributed by atoms with E-state index < -0.39 is 11.9 Å². The molecule has 0 saturated carbocycles. The molecule has 2 aliphatic heterocycles. The highest BCUT2D eigenvalue weighted by atomic mass is 16.7. The Morgan fingerprint density at radius 3 is 2.09 bits per heavy atom. The summed E-state index contributed by atoms with van der Waals surface area (Å²) in [6.07, 6.45) is 3.93. The lowest BCUT2D eigenvalue weighted by atomic mass is 9.82. The Hall–Kier alpha value is -3.25. The van der Waals surface area contributed by atoms with Gasteiger partial charge in [-0.1, -0.05) is 23.3 Å². The average molecular weight is 437 g/mol. The van der Waals surface area contributed by atoms with Crippen LogP contribution in [0.4, 0.5) is 0 Å². The number of rotatable bonds is 5. The Bertz CT molecular complexity index is 1150. The minimum atomic E-state index is -1.54. The number of benzene rings is 2. The van der Waals surface area contributed by atoms with Gasteiger partial charge in [0.2, 0.25) is 11.4 Å². The van der Waals surface area contributed by atoms with Crippen molar-refractivity contribution in [3.05, 3.63) is 69.8 Å². The number of carbonyl (C=O) groups is 1. The molecule has 2 aromatic carbocycles. The summed E-state index contributed by atoms with van der Waals surface area (Å²) in [4.78, 5) is 13.8. The Morgan fingerprint density at radius 1 is 0.938 bits per heavy atom. The maximum Gasteiger partial charge on any atom is 0.281 e. The molecule has 0 radical (unpaired) electrons. The molecule has 2 heterocycles. The highest BCUT2D eigenvalue weighted by Gasteiger charge is 2.61. The van der Waals surface area contributed by atoms with Gasteiger partial charge in [0.25, 0.3) is 6.29 Å². The van der Waals surface area contributed by atoms with Gasteiger partial charge in [0.15, 0.2) is 0 Å². The second-order valence-corrected chi connectivity index (χ2v) is 8.76. The number of aromatic hydroxyl groups is 2. The molecule has 32 heavy (non-hydrogen) atoms. The van der Waals surface area contributed by atoms with Crippen LogP contribution in [0.2, 0.25) is 0 Å². The minimum absolute atomic E-state index is 0.0520. The molecule has 0 spiro atoms. The molecule has 0 fully saturated rings. The molecule has 6 nitrogen and oxygen atoms in total. The number of ether oxygens (including phenoxy) is 3. The van der Waals surface area contributed by atoms with E-state index in [9.17, 15) is 15.0 Å². The summed E-state index contributed by atoms with van der Waals surface area (Å²) < 4.78 is 17.8. The van der Waals surface area contributed by atoms with Crippen LogP contribution < -0.4 is 9.47 Å². The molecule has 2 N–H and O–H groups in total. The van der Waals surface area contributed by atoms with Gasteiger partial charge in [-0.2, -0.15) is 0 Å². The second kappa shape index (κ2) is 8.02. The molecule has 0 amide bonds. The van der Waals surface area contributed by atoms with Gasteiger partial charge in [-0.05, 0) is 64.3 Å². The number of hydrogen-bond acceptors (Lipinski definition) is 6. The number of ketones is 1. The van der Waals surface area contributed by atoms with Gasteiger partial charge in [0.05, 0.1) is 5.56 Å². The highest BCUT2D eigenvalue weighted by molar-refractivity contribution is 6.07.